The Morgan fingerprint density at radius 1 is 0.783 bits per heavy atom. The number of ether oxygens (including phenoxy) is 1. The summed E-state index contributed by atoms with van der Waals surface area (Å²) in [6.45, 7) is 0. The van der Waals surface area contributed by atoms with E-state index in [1.165, 1.54) is 0 Å². The molecule has 0 unspecified atom stereocenters. The van der Waals surface area contributed by atoms with Gasteiger partial charge >= 0.3 is 0 Å². The van der Waals surface area contributed by atoms with E-state index in [1.54, 1.807) is 11.8 Å². The van der Waals surface area contributed by atoms with Gasteiger partial charge in [-0.05, 0) is 24.3 Å². The SMILES string of the molecule is ON=C(c1ccccc1)c1ccc2c(c1)Oc1ccccc1S2. The number of para-hydroxylation sites is 1. The molecule has 0 atom stereocenters. The van der Waals surface area contributed by atoms with Crippen LogP contribution in [0.15, 0.2) is 87.7 Å². The molecule has 0 aliphatic carbocycles. The molecule has 1 heterocycles. The lowest BCUT2D eigenvalue weighted by molar-refractivity contribution is 0.319. The molecule has 0 fully saturated rings. The maximum absolute atomic E-state index is 9.44. The Kier molecular flexibility index (Phi) is 3.52. The van der Waals surface area contributed by atoms with Crippen LogP contribution < -0.4 is 4.74 Å². The summed E-state index contributed by atoms with van der Waals surface area (Å²) < 4.78 is 5.99. The zero-order chi connectivity index (χ0) is 15.6. The van der Waals surface area contributed by atoms with E-state index < -0.39 is 0 Å². The average molecular weight is 319 g/mol. The third kappa shape index (κ3) is 2.58. The molecule has 3 aromatic carbocycles. The van der Waals surface area contributed by atoms with E-state index in [4.69, 9.17) is 4.74 Å². The molecule has 1 N–H and O–H groups in total. The molecule has 0 saturated carbocycles. The van der Waals surface area contributed by atoms with Gasteiger partial charge in [-0.2, -0.15) is 0 Å². The number of hydrogen-bond acceptors (Lipinski definition) is 4. The fraction of sp³-hybridized carbons (Fsp3) is 0. The topological polar surface area (TPSA) is 41.8 Å². The fourth-order valence-corrected chi connectivity index (χ4v) is 3.48. The van der Waals surface area contributed by atoms with Crippen molar-refractivity contribution < 1.29 is 9.94 Å². The lowest BCUT2D eigenvalue weighted by atomic mass is 10.0. The number of fused-ring (bicyclic) bond motifs is 2. The molecule has 0 spiro atoms. The lowest BCUT2D eigenvalue weighted by Crippen LogP contribution is -2.04. The molecule has 23 heavy (non-hydrogen) atoms. The molecule has 0 aromatic heterocycles. The minimum atomic E-state index is 0.529. The minimum Gasteiger partial charge on any atom is -0.455 e. The molecule has 4 rings (SSSR count). The van der Waals surface area contributed by atoms with Crippen LogP contribution in [0.25, 0.3) is 0 Å². The molecule has 0 amide bonds. The van der Waals surface area contributed by atoms with Crippen LogP contribution in [-0.4, -0.2) is 10.9 Å². The van der Waals surface area contributed by atoms with E-state index in [-0.39, 0.29) is 0 Å². The van der Waals surface area contributed by atoms with Gasteiger partial charge in [-0.25, -0.2) is 0 Å². The smallest absolute Gasteiger partial charge is 0.142 e. The van der Waals surface area contributed by atoms with E-state index in [9.17, 15) is 5.21 Å². The summed E-state index contributed by atoms with van der Waals surface area (Å²) in [6.07, 6.45) is 0. The van der Waals surface area contributed by atoms with Crippen LogP contribution in [0, 0.1) is 0 Å². The number of benzene rings is 3. The van der Waals surface area contributed by atoms with Gasteiger partial charge < -0.3 is 9.94 Å². The highest BCUT2D eigenvalue weighted by molar-refractivity contribution is 7.99. The predicted molar refractivity (Wildman–Crippen MR) is 90.9 cm³/mol. The maximum atomic E-state index is 9.44. The normalized spacial score (nSPS) is 13.0. The Hall–Kier alpha value is -2.72. The van der Waals surface area contributed by atoms with Crippen molar-refractivity contribution in [2.75, 3.05) is 0 Å². The summed E-state index contributed by atoms with van der Waals surface area (Å²) in [7, 11) is 0. The Balaban J connectivity index is 1.74. The standard InChI is InChI=1S/C19H13NO2S/c21-20-19(13-6-2-1-3-7-13)14-10-11-18-16(12-14)22-15-8-4-5-9-17(15)23-18/h1-12,21H. The summed E-state index contributed by atoms with van der Waals surface area (Å²) in [5, 5.41) is 12.9. The third-order valence-corrected chi connectivity index (χ3v) is 4.77. The van der Waals surface area contributed by atoms with Crippen LogP contribution in [0.1, 0.15) is 11.1 Å². The quantitative estimate of drug-likeness (QED) is 0.315. The molecule has 4 heteroatoms. The fourth-order valence-electron chi connectivity index (χ4n) is 2.55. The van der Waals surface area contributed by atoms with E-state index in [0.717, 1.165) is 32.4 Å². The van der Waals surface area contributed by atoms with Crippen LogP contribution in [-0.2, 0) is 0 Å². The van der Waals surface area contributed by atoms with Gasteiger partial charge in [0.2, 0.25) is 0 Å². The highest BCUT2D eigenvalue weighted by Crippen LogP contribution is 2.47. The summed E-state index contributed by atoms with van der Waals surface area (Å²) >= 11 is 1.68. The summed E-state index contributed by atoms with van der Waals surface area (Å²) in [5.74, 6) is 1.63. The molecule has 0 bridgehead atoms. The summed E-state index contributed by atoms with van der Waals surface area (Å²) in [6, 6.07) is 23.4. The maximum Gasteiger partial charge on any atom is 0.142 e. The van der Waals surface area contributed by atoms with Gasteiger partial charge in [0, 0.05) is 11.1 Å². The van der Waals surface area contributed by atoms with E-state index in [1.807, 2.05) is 72.8 Å². The Morgan fingerprint density at radius 3 is 2.35 bits per heavy atom. The predicted octanol–water partition coefficient (Wildman–Crippen LogP) is 5.17. The number of hydrogen-bond donors (Lipinski definition) is 1. The molecule has 0 saturated heterocycles. The Labute approximate surface area is 138 Å². The molecule has 1 aliphatic heterocycles. The van der Waals surface area contributed by atoms with Gasteiger partial charge in [0.1, 0.15) is 17.2 Å². The van der Waals surface area contributed by atoms with Crippen molar-refractivity contribution in [3.63, 3.8) is 0 Å². The lowest BCUT2D eigenvalue weighted by Gasteiger charge is -2.20. The highest BCUT2D eigenvalue weighted by Gasteiger charge is 2.19. The van der Waals surface area contributed by atoms with Gasteiger partial charge in [0.15, 0.2) is 0 Å². The van der Waals surface area contributed by atoms with E-state index in [2.05, 4.69) is 5.16 Å². The Bertz CT molecular complexity index is 891. The summed E-state index contributed by atoms with van der Waals surface area (Å²) in [5.41, 5.74) is 2.21. The third-order valence-electron chi connectivity index (χ3n) is 3.65. The zero-order valence-corrected chi connectivity index (χ0v) is 13.0. The van der Waals surface area contributed by atoms with Crippen LogP contribution >= 0.6 is 11.8 Å². The van der Waals surface area contributed by atoms with Gasteiger partial charge in [-0.15, -0.1) is 0 Å². The second-order valence-corrected chi connectivity index (χ2v) is 6.21. The first kappa shape index (κ1) is 13.9. The Morgan fingerprint density at radius 2 is 1.52 bits per heavy atom. The number of nitrogens with zero attached hydrogens (tertiary/aromatic N) is 1. The van der Waals surface area contributed by atoms with E-state index in [0.29, 0.717) is 5.71 Å². The molecular weight excluding hydrogens is 306 g/mol. The first-order chi connectivity index (χ1) is 11.3. The van der Waals surface area contributed by atoms with Crippen molar-refractivity contribution in [1.29, 1.82) is 0 Å². The van der Waals surface area contributed by atoms with Crippen LogP contribution in [0.2, 0.25) is 0 Å². The summed E-state index contributed by atoms with van der Waals surface area (Å²) in [4.78, 5) is 2.16. The van der Waals surface area contributed by atoms with Crippen LogP contribution in [0.3, 0.4) is 0 Å². The van der Waals surface area contributed by atoms with Crippen molar-refractivity contribution in [1.82, 2.24) is 0 Å². The van der Waals surface area contributed by atoms with Gasteiger partial charge in [-0.3, -0.25) is 0 Å². The highest BCUT2D eigenvalue weighted by atomic mass is 32.2. The molecule has 0 radical (unpaired) electrons. The largest absolute Gasteiger partial charge is 0.455 e. The number of oxime groups is 1. The molecular formula is C19H13NO2S. The van der Waals surface area contributed by atoms with Crippen LogP contribution in [0.4, 0.5) is 0 Å². The van der Waals surface area contributed by atoms with Crippen molar-refractivity contribution in [2.45, 2.75) is 9.79 Å². The van der Waals surface area contributed by atoms with E-state index >= 15 is 0 Å². The first-order valence-corrected chi connectivity index (χ1v) is 8.03. The number of rotatable bonds is 2. The van der Waals surface area contributed by atoms with Gasteiger partial charge in [0.05, 0.1) is 9.79 Å². The second-order valence-electron chi connectivity index (χ2n) is 5.13. The zero-order valence-electron chi connectivity index (χ0n) is 12.1. The molecule has 112 valence electrons. The molecule has 3 aromatic rings. The minimum absolute atomic E-state index is 0.529. The molecule has 3 nitrogen and oxygen atoms in total. The van der Waals surface area contributed by atoms with Crippen molar-refractivity contribution in [3.05, 3.63) is 83.9 Å². The van der Waals surface area contributed by atoms with Crippen molar-refractivity contribution >= 4 is 17.5 Å². The molecule has 1 aliphatic rings. The second kappa shape index (κ2) is 5.82. The monoisotopic (exact) mass is 319 g/mol. The van der Waals surface area contributed by atoms with Crippen molar-refractivity contribution in [3.8, 4) is 11.5 Å². The average Bonchev–Trinajstić information content (AvgIpc) is 2.61. The van der Waals surface area contributed by atoms with Crippen LogP contribution in [0.5, 0.6) is 11.5 Å². The van der Waals surface area contributed by atoms with Gasteiger partial charge in [0.25, 0.3) is 0 Å². The van der Waals surface area contributed by atoms with Gasteiger partial charge in [-0.1, -0.05) is 65.4 Å². The van der Waals surface area contributed by atoms with Crippen molar-refractivity contribution in [2.24, 2.45) is 5.16 Å². The first-order valence-electron chi connectivity index (χ1n) is 7.22.